The quantitative estimate of drug-likeness (QED) is 0.242. The molecule has 2 aromatic heterocycles. The zero-order valence-corrected chi connectivity index (χ0v) is 22.8. The number of thiophene rings is 1. The van der Waals surface area contributed by atoms with E-state index >= 15 is 0 Å². The number of nitrogens with one attached hydrogen (secondary N) is 1. The number of benzene rings is 3. The lowest BCUT2D eigenvalue weighted by Crippen LogP contribution is -2.13. The summed E-state index contributed by atoms with van der Waals surface area (Å²) >= 11 is 1.30. The van der Waals surface area contributed by atoms with Gasteiger partial charge in [-0.2, -0.15) is 0 Å². The predicted molar refractivity (Wildman–Crippen MR) is 157 cm³/mol. The summed E-state index contributed by atoms with van der Waals surface area (Å²) in [6.45, 7) is 6.01. The first-order valence-electron chi connectivity index (χ1n) is 12.2. The Hall–Kier alpha value is -4.36. The van der Waals surface area contributed by atoms with Crippen LogP contribution >= 0.6 is 11.3 Å². The van der Waals surface area contributed by atoms with Gasteiger partial charge in [-0.25, -0.2) is 4.98 Å². The van der Waals surface area contributed by atoms with Gasteiger partial charge in [0.2, 0.25) is 0 Å². The van der Waals surface area contributed by atoms with Crippen molar-refractivity contribution >= 4 is 38.8 Å². The number of amides is 1. The molecule has 0 bridgehead atoms. The van der Waals surface area contributed by atoms with Crippen LogP contribution in [0.2, 0.25) is 0 Å². The van der Waals surface area contributed by atoms with Crippen molar-refractivity contribution in [2.45, 2.75) is 20.8 Å². The number of rotatable bonds is 6. The van der Waals surface area contributed by atoms with Crippen molar-refractivity contribution in [3.63, 3.8) is 0 Å². The van der Waals surface area contributed by atoms with Crippen LogP contribution in [0.25, 0.3) is 32.6 Å². The molecular formula is C31H29N3O3S. The van der Waals surface area contributed by atoms with Gasteiger partial charge in [-0.3, -0.25) is 4.79 Å². The molecule has 38 heavy (non-hydrogen) atoms. The fraction of sp³-hybridized carbons (Fsp3) is 0.161. The van der Waals surface area contributed by atoms with Gasteiger partial charge in [0, 0.05) is 16.6 Å². The average Bonchev–Trinajstić information content (AvgIpc) is 3.26. The van der Waals surface area contributed by atoms with E-state index in [2.05, 4.69) is 24.4 Å². The minimum atomic E-state index is -0.255. The lowest BCUT2D eigenvalue weighted by atomic mass is 9.98. The summed E-state index contributed by atoms with van der Waals surface area (Å²) in [6.07, 6.45) is 0. The highest BCUT2D eigenvalue weighted by Gasteiger charge is 2.23. The number of fused-ring (bicyclic) bond motifs is 1. The second-order valence-electron chi connectivity index (χ2n) is 9.29. The number of ether oxygens (including phenoxy) is 2. The van der Waals surface area contributed by atoms with Crippen molar-refractivity contribution < 1.29 is 14.3 Å². The summed E-state index contributed by atoms with van der Waals surface area (Å²) in [5, 5.41) is 3.78. The molecule has 2 heterocycles. The lowest BCUT2D eigenvalue weighted by Gasteiger charge is -2.12. The summed E-state index contributed by atoms with van der Waals surface area (Å²) in [4.78, 5) is 19.5. The van der Waals surface area contributed by atoms with E-state index in [0.29, 0.717) is 26.9 Å². The summed E-state index contributed by atoms with van der Waals surface area (Å²) in [5.74, 6) is 0.982. The number of hydrogen-bond acceptors (Lipinski definition) is 6. The summed E-state index contributed by atoms with van der Waals surface area (Å²) < 4.78 is 11.0. The molecule has 0 spiro atoms. The van der Waals surface area contributed by atoms with Crippen LogP contribution in [0.3, 0.4) is 0 Å². The van der Waals surface area contributed by atoms with Crippen LogP contribution in [0, 0.1) is 20.8 Å². The Morgan fingerprint density at radius 3 is 2.24 bits per heavy atom. The molecule has 0 aliphatic rings. The molecule has 3 aromatic carbocycles. The van der Waals surface area contributed by atoms with Crippen molar-refractivity contribution in [3.05, 3.63) is 88.3 Å². The molecule has 0 unspecified atom stereocenters. The smallest absolute Gasteiger partial charge is 0.267 e. The van der Waals surface area contributed by atoms with Crippen LogP contribution in [0.15, 0.2) is 66.7 Å². The highest BCUT2D eigenvalue weighted by Crippen LogP contribution is 2.43. The van der Waals surface area contributed by atoms with Crippen molar-refractivity contribution in [1.82, 2.24) is 4.98 Å². The van der Waals surface area contributed by atoms with Crippen LogP contribution in [-0.2, 0) is 0 Å². The topological polar surface area (TPSA) is 86.5 Å². The average molecular weight is 524 g/mol. The van der Waals surface area contributed by atoms with E-state index in [1.54, 1.807) is 14.2 Å². The molecule has 1 amide bonds. The fourth-order valence-corrected chi connectivity index (χ4v) is 5.46. The van der Waals surface area contributed by atoms with Crippen LogP contribution in [0.5, 0.6) is 11.5 Å². The number of carbonyl (C=O) groups excluding carboxylic acids is 1. The molecule has 5 rings (SSSR count). The fourth-order valence-electron chi connectivity index (χ4n) is 4.44. The van der Waals surface area contributed by atoms with Gasteiger partial charge in [0.05, 0.1) is 25.6 Å². The van der Waals surface area contributed by atoms with E-state index in [-0.39, 0.29) is 5.91 Å². The molecule has 0 fully saturated rings. The molecular weight excluding hydrogens is 494 g/mol. The number of anilines is 2. The molecule has 0 saturated carbocycles. The van der Waals surface area contributed by atoms with Gasteiger partial charge in [-0.15, -0.1) is 11.3 Å². The van der Waals surface area contributed by atoms with Crippen molar-refractivity contribution in [2.24, 2.45) is 0 Å². The summed E-state index contributed by atoms with van der Waals surface area (Å²) in [6, 6.07) is 21.9. The molecule has 3 N–H and O–H groups in total. The highest BCUT2D eigenvalue weighted by atomic mass is 32.1. The van der Waals surface area contributed by atoms with Gasteiger partial charge in [-0.1, -0.05) is 48.0 Å². The largest absolute Gasteiger partial charge is 0.493 e. The first kappa shape index (κ1) is 25.3. The Balaban J connectivity index is 1.70. The van der Waals surface area contributed by atoms with E-state index < -0.39 is 0 Å². The second-order valence-corrected chi connectivity index (χ2v) is 10.3. The van der Waals surface area contributed by atoms with E-state index in [9.17, 15) is 4.79 Å². The molecule has 7 heteroatoms. The molecule has 6 nitrogen and oxygen atoms in total. The maximum absolute atomic E-state index is 13.4. The first-order chi connectivity index (χ1) is 18.3. The molecule has 0 aliphatic heterocycles. The lowest BCUT2D eigenvalue weighted by molar-refractivity contribution is 0.103. The predicted octanol–water partition coefficient (Wildman–Crippen LogP) is 7.41. The number of aromatic nitrogens is 1. The Morgan fingerprint density at radius 2 is 1.53 bits per heavy atom. The number of methoxy groups -OCH3 is 2. The minimum absolute atomic E-state index is 0.255. The molecule has 192 valence electrons. The molecule has 5 aromatic rings. The van der Waals surface area contributed by atoms with Crippen LogP contribution in [-0.4, -0.2) is 25.1 Å². The minimum Gasteiger partial charge on any atom is -0.493 e. The first-order valence-corrected chi connectivity index (χ1v) is 13.0. The number of nitrogens with two attached hydrogens (primary N) is 1. The number of nitrogen functional groups attached to an aromatic ring is 1. The van der Waals surface area contributed by atoms with Gasteiger partial charge < -0.3 is 20.5 Å². The zero-order valence-electron chi connectivity index (χ0n) is 22.0. The SMILES string of the molecule is COc1ccc(-c2cc(-c3ccc(C)cc3)nc3sc(C(=O)Nc4cc(C)ccc4C)c(N)c23)cc1OC. The molecule has 0 aliphatic carbocycles. The van der Waals surface area contributed by atoms with Gasteiger partial charge in [0.15, 0.2) is 11.5 Å². The number of pyridine rings is 1. The normalized spacial score (nSPS) is 11.0. The third-order valence-electron chi connectivity index (χ3n) is 6.59. The molecule has 0 atom stereocenters. The number of carbonyl (C=O) groups is 1. The Bertz CT molecular complexity index is 1670. The van der Waals surface area contributed by atoms with Gasteiger partial charge in [0.25, 0.3) is 5.91 Å². The van der Waals surface area contributed by atoms with Gasteiger partial charge in [-0.05, 0) is 67.3 Å². The van der Waals surface area contributed by atoms with Gasteiger partial charge in [0.1, 0.15) is 9.71 Å². The maximum Gasteiger partial charge on any atom is 0.267 e. The Morgan fingerprint density at radius 1 is 0.842 bits per heavy atom. The van der Waals surface area contributed by atoms with Crippen molar-refractivity contribution in [2.75, 3.05) is 25.3 Å². The third kappa shape index (κ3) is 4.68. The Kier molecular flexibility index (Phi) is 6.78. The van der Waals surface area contributed by atoms with Crippen LogP contribution in [0.4, 0.5) is 11.4 Å². The van der Waals surface area contributed by atoms with E-state index in [1.807, 2.05) is 68.4 Å². The highest BCUT2D eigenvalue weighted by molar-refractivity contribution is 7.21. The third-order valence-corrected chi connectivity index (χ3v) is 7.69. The number of hydrogen-bond donors (Lipinski definition) is 2. The number of nitrogens with zero attached hydrogens (tertiary/aromatic N) is 1. The summed E-state index contributed by atoms with van der Waals surface area (Å²) in [7, 11) is 3.21. The van der Waals surface area contributed by atoms with Crippen molar-refractivity contribution in [3.8, 4) is 33.9 Å². The summed E-state index contributed by atoms with van der Waals surface area (Å²) in [5.41, 5.74) is 14.6. The Labute approximate surface area is 226 Å². The van der Waals surface area contributed by atoms with Gasteiger partial charge >= 0.3 is 0 Å². The maximum atomic E-state index is 13.4. The van der Waals surface area contributed by atoms with E-state index in [4.69, 9.17) is 20.2 Å². The second kappa shape index (κ2) is 10.2. The molecule has 0 radical (unpaired) electrons. The van der Waals surface area contributed by atoms with Crippen LogP contribution < -0.4 is 20.5 Å². The van der Waals surface area contributed by atoms with Crippen LogP contribution in [0.1, 0.15) is 26.4 Å². The van der Waals surface area contributed by atoms with Crippen molar-refractivity contribution in [1.29, 1.82) is 0 Å². The van der Waals surface area contributed by atoms with E-state index in [1.165, 1.54) is 16.9 Å². The monoisotopic (exact) mass is 523 g/mol. The van der Waals surface area contributed by atoms with E-state index in [0.717, 1.165) is 44.6 Å². The molecule has 0 saturated heterocycles. The number of aryl methyl sites for hydroxylation is 3. The zero-order chi connectivity index (χ0) is 27.0. The standard InChI is InChI=1S/C31H29N3O3S/c1-17-7-10-20(11-8-17)24-16-22(21-12-13-25(36-4)26(15-21)37-5)27-28(32)29(38-31(27)34-24)30(35)33-23-14-18(2)6-9-19(23)3/h6-16H,32H2,1-5H3,(H,33,35).